The summed E-state index contributed by atoms with van der Waals surface area (Å²) in [6.45, 7) is 4.17. The molecule has 0 aliphatic heterocycles. The van der Waals surface area contributed by atoms with Gasteiger partial charge < -0.3 is 16.6 Å². The van der Waals surface area contributed by atoms with Gasteiger partial charge in [0.25, 0.3) is 0 Å². The fourth-order valence-corrected chi connectivity index (χ4v) is 3.26. The van der Waals surface area contributed by atoms with Crippen LogP contribution in [0.1, 0.15) is 90.4 Å². The van der Waals surface area contributed by atoms with Crippen molar-refractivity contribution in [3.63, 3.8) is 0 Å². The Morgan fingerprint density at radius 2 is 1.38 bits per heavy atom. The van der Waals surface area contributed by atoms with Gasteiger partial charge in [0.2, 0.25) is 5.91 Å². The van der Waals surface area contributed by atoms with Gasteiger partial charge in [-0.1, -0.05) is 64.7 Å². The summed E-state index contributed by atoms with van der Waals surface area (Å²) in [4.78, 5) is 24.5. The lowest BCUT2D eigenvalue weighted by Crippen LogP contribution is -2.43. The summed E-state index contributed by atoms with van der Waals surface area (Å²) in [5, 5.41) is 9.49. The van der Waals surface area contributed by atoms with Crippen LogP contribution in [-0.2, 0) is 9.59 Å². The topological polar surface area (TPSA) is 110 Å². The maximum absolute atomic E-state index is 11.6. The first-order chi connectivity index (χ1) is 12.5. The lowest BCUT2D eigenvalue weighted by Gasteiger charge is -2.28. The second-order valence-corrected chi connectivity index (χ2v) is 7.22. The van der Waals surface area contributed by atoms with Gasteiger partial charge in [-0.25, -0.2) is 0 Å². The zero-order valence-electron chi connectivity index (χ0n) is 16.8. The molecule has 0 spiro atoms. The maximum Gasteiger partial charge on any atom is 0.320 e. The molecule has 0 saturated heterocycles. The van der Waals surface area contributed by atoms with Gasteiger partial charge in [0.1, 0.15) is 6.04 Å². The number of carboxylic acid groups (broad SMARTS) is 1. The van der Waals surface area contributed by atoms with E-state index in [4.69, 9.17) is 11.5 Å². The van der Waals surface area contributed by atoms with Gasteiger partial charge in [-0.15, -0.1) is 0 Å². The first-order valence-electron chi connectivity index (χ1n) is 10.5. The van der Waals surface area contributed by atoms with Gasteiger partial charge in [-0.05, 0) is 32.4 Å². The first kappa shape index (κ1) is 24.9. The second kappa shape index (κ2) is 17.3. The third-order valence-electron chi connectivity index (χ3n) is 4.84. The number of rotatable bonds is 19. The molecule has 0 aliphatic carbocycles. The van der Waals surface area contributed by atoms with Crippen molar-refractivity contribution in [2.75, 3.05) is 19.6 Å². The van der Waals surface area contributed by atoms with Crippen molar-refractivity contribution in [2.45, 2.75) is 96.4 Å². The van der Waals surface area contributed by atoms with Crippen LogP contribution >= 0.6 is 0 Å². The maximum atomic E-state index is 11.6. The van der Waals surface area contributed by atoms with Gasteiger partial charge in [0.05, 0.1) is 0 Å². The van der Waals surface area contributed by atoms with E-state index >= 15 is 0 Å². The standard InChI is InChI=1S/C20H41N3O3/c1-2-3-4-5-6-7-8-9-10-11-16-23(17-12-15-21)18(20(25)26)13-14-19(22)24/h18H,2-17,21H2,1H3,(H2,22,24)(H,25,26)/t18-/m0/s1. The number of amides is 1. The van der Waals surface area contributed by atoms with Crippen molar-refractivity contribution >= 4 is 11.9 Å². The van der Waals surface area contributed by atoms with Crippen molar-refractivity contribution in [2.24, 2.45) is 11.5 Å². The fourth-order valence-electron chi connectivity index (χ4n) is 3.26. The molecule has 0 unspecified atom stereocenters. The number of hydrogen-bond donors (Lipinski definition) is 3. The van der Waals surface area contributed by atoms with E-state index in [9.17, 15) is 14.7 Å². The molecule has 0 radical (unpaired) electrons. The predicted octanol–water partition coefficient (Wildman–Crippen LogP) is 3.28. The molecule has 6 nitrogen and oxygen atoms in total. The summed E-state index contributed by atoms with van der Waals surface area (Å²) in [6.07, 6.45) is 13.7. The van der Waals surface area contributed by atoms with E-state index in [0.29, 0.717) is 13.1 Å². The minimum Gasteiger partial charge on any atom is -0.480 e. The van der Waals surface area contributed by atoms with Crippen LogP contribution in [0.25, 0.3) is 0 Å². The summed E-state index contributed by atoms with van der Waals surface area (Å²) in [5.41, 5.74) is 10.8. The Balaban J connectivity index is 4.07. The van der Waals surface area contributed by atoms with E-state index < -0.39 is 17.9 Å². The zero-order valence-corrected chi connectivity index (χ0v) is 16.8. The quantitative estimate of drug-likeness (QED) is 0.302. The van der Waals surface area contributed by atoms with Crippen molar-refractivity contribution in [1.29, 1.82) is 0 Å². The Kier molecular flexibility index (Phi) is 16.5. The molecule has 0 rings (SSSR count). The zero-order chi connectivity index (χ0) is 19.6. The smallest absolute Gasteiger partial charge is 0.320 e. The molecule has 0 aromatic heterocycles. The Hall–Kier alpha value is -1.14. The number of nitrogens with two attached hydrogens (primary N) is 2. The van der Waals surface area contributed by atoms with E-state index in [1.165, 1.54) is 51.4 Å². The molecule has 5 N–H and O–H groups in total. The number of carbonyl (C=O) groups excluding carboxylic acids is 1. The number of nitrogens with zero attached hydrogens (tertiary/aromatic N) is 1. The van der Waals surface area contributed by atoms with Gasteiger partial charge >= 0.3 is 5.97 Å². The van der Waals surface area contributed by atoms with Crippen LogP contribution in [0.5, 0.6) is 0 Å². The minimum atomic E-state index is -0.879. The summed E-state index contributed by atoms with van der Waals surface area (Å²) < 4.78 is 0. The van der Waals surface area contributed by atoms with Crippen molar-refractivity contribution < 1.29 is 14.7 Å². The molecule has 6 heteroatoms. The van der Waals surface area contributed by atoms with Gasteiger partial charge in [0, 0.05) is 13.0 Å². The van der Waals surface area contributed by atoms with E-state index in [0.717, 1.165) is 25.8 Å². The SMILES string of the molecule is CCCCCCCCCCCCN(CCCN)[C@@H](CCC(N)=O)C(=O)O. The van der Waals surface area contributed by atoms with Crippen molar-refractivity contribution in [3.8, 4) is 0 Å². The average Bonchev–Trinajstić information content (AvgIpc) is 2.60. The molecule has 1 atom stereocenters. The third-order valence-corrected chi connectivity index (χ3v) is 4.84. The molecule has 26 heavy (non-hydrogen) atoms. The Morgan fingerprint density at radius 3 is 1.85 bits per heavy atom. The van der Waals surface area contributed by atoms with Crippen molar-refractivity contribution in [3.05, 3.63) is 0 Å². The second-order valence-electron chi connectivity index (χ2n) is 7.22. The van der Waals surface area contributed by atoms with E-state index in [-0.39, 0.29) is 12.8 Å². The summed E-state index contributed by atoms with van der Waals surface area (Å²) in [6, 6.07) is -0.646. The molecule has 0 aromatic rings. The summed E-state index contributed by atoms with van der Waals surface area (Å²) >= 11 is 0. The van der Waals surface area contributed by atoms with Crippen LogP contribution in [0, 0.1) is 0 Å². The molecule has 1 amide bonds. The van der Waals surface area contributed by atoms with Crippen LogP contribution in [0.2, 0.25) is 0 Å². The van der Waals surface area contributed by atoms with E-state index in [1.54, 1.807) is 0 Å². The number of carboxylic acids is 1. The Morgan fingerprint density at radius 1 is 0.885 bits per heavy atom. The van der Waals surface area contributed by atoms with Crippen LogP contribution in [-0.4, -0.2) is 47.6 Å². The Labute approximate surface area is 159 Å². The third kappa shape index (κ3) is 14.1. The number of carbonyl (C=O) groups is 2. The monoisotopic (exact) mass is 371 g/mol. The highest BCUT2D eigenvalue weighted by Crippen LogP contribution is 2.13. The fraction of sp³-hybridized carbons (Fsp3) is 0.900. The number of primary amides is 1. The molecule has 0 bridgehead atoms. The lowest BCUT2D eigenvalue weighted by atomic mass is 10.1. The molecule has 0 fully saturated rings. The number of hydrogen-bond acceptors (Lipinski definition) is 4. The first-order valence-corrected chi connectivity index (χ1v) is 10.5. The highest BCUT2D eigenvalue weighted by molar-refractivity contribution is 5.77. The molecule has 0 saturated carbocycles. The lowest BCUT2D eigenvalue weighted by molar-refractivity contribution is -0.143. The van der Waals surface area contributed by atoms with Crippen molar-refractivity contribution in [1.82, 2.24) is 4.90 Å². The van der Waals surface area contributed by atoms with Gasteiger partial charge in [-0.3, -0.25) is 14.5 Å². The average molecular weight is 372 g/mol. The molecule has 154 valence electrons. The molecule has 0 aliphatic rings. The van der Waals surface area contributed by atoms with E-state index in [1.807, 2.05) is 4.90 Å². The summed E-state index contributed by atoms with van der Waals surface area (Å²) in [7, 11) is 0. The number of aliphatic carboxylic acids is 1. The molecule has 0 heterocycles. The van der Waals surface area contributed by atoms with Crippen LogP contribution in [0.3, 0.4) is 0 Å². The Bertz CT molecular complexity index is 364. The van der Waals surface area contributed by atoms with Crippen LogP contribution < -0.4 is 11.5 Å². The van der Waals surface area contributed by atoms with Crippen LogP contribution in [0.4, 0.5) is 0 Å². The highest BCUT2D eigenvalue weighted by atomic mass is 16.4. The molecule has 0 aromatic carbocycles. The van der Waals surface area contributed by atoms with Crippen LogP contribution in [0.15, 0.2) is 0 Å². The minimum absolute atomic E-state index is 0.105. The predicted molar refractivity (Wildman–Crippen MR) is 107 cm³/mol. The molecular weight excluding hydrogens is 330 g/mol. The van der Waals surface area contributed by atoms with Gasteiger partial charge in [-0.2, -0.15) is 0 Å². The molecular formula is C20H41N3O3. The largest absolute Gasteiger partial charge is 0.480 e. The van der Waals surface area contributed by atoms with Gasteiger partial charge in [0.15, 0.2) is 0 Å². The normalized spacial score (nSPS) is 12.4. The van der Waals surface area contributed by atoms with E-state index in [2.05, 4.69) is 6.92 Å². The summed E-state index contributed by atoms with van der Waals surface area (Å²) in [5.74, 6) is -1.33. The highest BCUT2D eigenvalue weighted by Gasteiger charge is 2.25. The number of unbranched alkanes of at least 4 members (excludes halogenated alkanes) is 9.